The van der Waals surface area contributed by atoms with Crippen molar-refractivity contribution in [3.05, 3.63) is 0 Å². The quantitative estimate of drug-likeness (QED) is 0.788. The Bertz CT molecular complexity index is 210. The van der Waals surface area contributed by atoms with Gasteiger partial charge in [0.05, 0.1) is 5.75 Å². The summed E-state index contributed by atoms with van der Waals surface area (Å²) in [5, 5.41) is 3.14. The van der Waals surface area contributed by atoms with Gasteiger partial charge >= 0.3 is 0 Å². The fraction of sp³-hybridized carbons (Fsp3) is 0.917. The van der Waals surface area contributed by atoms with Crippen molar-refractivity contribution in [2.75, 3.05) is 12.0 Å². The third kappa shape index (κ3) is 6.82. The largest absolute Gasteiger partial charge is 0.350 e. The Labute approximate surface area is 98.6 Å². The number of amides is 1. The lowest BCUT2D eigenvalue weighted by molar-refractivity contribution is -0.120. The molecule has 1 atom stereocenters. The van der Waals surface area contributed by atoms with Crippen LogP contribution >= 0.6 is 11.8 Å². The minimum Gasteiger partial charge on any atom is -0.350 e. The topological polar surface area (TPSA) is 29.1 Å². The summed E-state index contributed by atoms with van der Waals surface area (Å²) in [5.41, 5.74) is 0.183. The van der Waals surface area contributed by atoms with Gasteiger partial charge in [-0.05, 0) is 31.4 Å². The second-order valence-electron chi connectivity index (χ2n) is 5.63. The Balaban J connectivity index is 4.37. The molecule has 0 radical (unpaired) electrons. The van der Waals surface area contributed by atoms with Crippen molar-refractivity contribution in [2.24, 2.45) is 5.41 Å². The van der Waals surface area contributed by atoms with Crippen LogP contribution in [0.1, 0.15) is 47.5 Å². The number of carbonyl (C=O) groups is 1. The first-order valence-corrected chi connectivity index (χ1v) is 6.92. The summed E-state index contributed by atoms with van der Waals surface area (Å²) in [6.07, 6.45) is 3.94. The molecule has 0 aromatic heterocycles. The van der Waals surface area contributed by atoms with E-state index in [0.29, 0.717) is 5.75 Å². The van der Waals surface area contributed by atoms with E-state index in [4.69, 9.17) is 0 Å². The van der Waals surface area contributed by atoms with Crippen LogP contribution < -0.4 is 5.32 Å². The van der Waals surface area contributed by atoms with Gasteiger partial charge in [-0.15, -0.1) is 0 Å². The fourth-order valence-corrected chi connectivity index (χ4v) is 2.27. The van der Waals surface area contributed by atoms with Crippen molar-refractivity contribution in [3.8, 4) is 0 Å². The molecule has 0 aliphatic heterocycles. The molecule has 0 bridgehead atoms. The van der Waals surface area contributed by atoms with Crippen LogP contribution in [0.15, 0.2) is 0 Å². The highest BCUT2D eigenvalue weighted by molar-refractivity contribution is 7.99. The maximum Gasteiger partial charge on any atom is 0.230 e. The van der Waals surface area contributed by atoms with Crippen LogP contribution in [-0.4, -0.2) is 23.5 Å². The fourth-order valence-electron chi connectivity index (χ4n) is 1.93. The van der Waals surface area contributed by atoms with Crippen molar-refractivity contribution < 1.29 is 4.79 Å². The Morgan fingerprint density at radius 3 is 2.13 bits per heavy atom. The molecule has 0 fully saturated rings. The Kier molecular flexibility index (Phi) is 5.71. The van der Waals surface area contributed by atoms with E-state index in [-0.39, 0.29) is 16.9 Å². The zero-order valence-corrected chi connectivity index (χ0v) is 11.8. The molecular formula is C12H25NOS. The predicted octanol–water partition coefficient (Wildman–Crippen LogP) is 3.07. The summed E-state index contributed by atoms with van der Waals surface area (Å²) in [6.45, 7) is 10.9. The molecule has 0 aromatic carbocycles. The van der Waals surface area contributed by atoms with Crippen LogP contribution in [-0.2, 0) is 4.79 Å². The van der Waals surface area contributed by atoms with Crippen LogP contribution in [0.3, 0.4) is 0 Å². The molecule has 15 heavy (non-hydrogen) atoms. The van der Waals surface area contributed by atoms with E-state index in [2.05, 4.69) is 39.9 Å². The van der Waals surface area contributed by atoms with E-state index < -0.39 is 0 Å². The summed E-state index contributed by atoms with van der Waals surface area (Å²) >= 11 is 1.57. The molecule has 1 N–H and O–H groups in total. The zero-order chi connectivity index (χ0) is 12.1. The van der Waals surface area contributed by atoms with Gasteiger partial charge in [-0.25, -0.2) is 0 Å². The van der Waals surface area contributed by atoms with Crippen molar-refractivity contribution >= 4 is 17.7 Å². The number of thioether (sulfide) groups is 1. The van der Waals surface area contributed by atoms with Gasteiger partial charge in [-0.2, -0.15) is 11.8 Å². The number of nitrogens with one attached hydrogen (secondary N) is 1. The highest BCUT2D eigenvalue weighted by Gasteiger charge is 2.29. The predicted molar refractivity (Wildman–Crippen MR) is 69.3 cm³/mol. The second-order valence-corrected chi connectivity index (χ2v) is 6.50. The van der Waals surface area contributed by atoms with Crippen LogP contribution in [0.4, 0.5) is 0 Å². The molecule has 2 nitrogen and oxygen atoms in total. The molecule has 0 aliphatic carbocycles. The summed E-state index contributed by atoms with van der Waals surface area (Å²) < 4.78 is 0. The summed E-state index contributed by atoms with van der Waals surface area (Å²) in [5.74, 6) is 0.704. The van der Waals surface area contributed by atoms with Gasteiger partial charge < -0.3 is 5.32 Å². The molecular weight excluding hydrogens is 206 g/mol. The van der Waals surface area contributed by atoms with Crippen LogP contribution in [0.2, 0.25) is 0 Å². The van der Waals surface area contributed by atoms with Crippen molar-refractivity contribution in [3.63, 3.8) is 0 Å². The molecule has 90 valence electrons. The van der Waals surface area contributed by atoms with E-state index in [1.807, 2.05) is 6.26 Å². The van der Waals surface area contributed by atoms with E-state index in [0.717, 1.165) is 12.8 Å². The molecule has 3 heteroatoms. The average molecular weight is 231 g/mol. The molecule has 1 amide bonds. The maximum atomic E-state index is 11.6. The maximum absolute atomic E-state index is 11.6. The van der Waals surface area contributed by atoms with Gasteiger partial charge in [-0.3, -0.25) is 4.79 Å². The van der Waals surface area contributed by atoms with E-state index >= 15 is 0 Å². The Morgan fingerprint density at radius 2 is 1.80 bits per heavy atom. The third-order valence-electron chi connectivity index (χ3n) is 2.42. The van der Waals surface area contributed by atoms with Crippen molar-refractivity contribution in [1.29, 1.82) is 0 Å². The second kappa shape index (κ2) is 5.78. The monoisotopic (exact) mass is 231 g/mol. The molecule has 0 heterocycles. The SMILES string of the molecule is CCC(C)(CC(C)(C)C)NC(=O)CSC. The lowest BCUT2D eigenvalue weighted by Gasteiger charge is -2.35. The zero-order valence-electron chi connectivity index (χ0n) is 10.9. The number of hydrogen-bond acceptors (Lipinski definition) is 2. The molecule has 0 rings (SSSR count). The molecule has 0 aromatic rings. The summed E-state index contributed by atoms with van der Waals surface area (Å²) in [6, 6.07) is 0. The van der Waals surface area contributed by atoms with Gasteiger partial charge in [0.1, 0.15) is 0 Å². The van der Waals surface area contributed by atoms with Crippen molar-refractivity contribution in [2.45, 2.75) is 53.0 Å². The summed E-state index contributed by atoms with van der Waals surface area (Å²) in [4.78, 5) is 11.6. The van der Waals surface area contributed by atoms with Gasteiger partial charge in [-0.1, -0.05) is 27.7 Å². The average Bonchev–Trinajstić information content (AvgIpc) is 2.00. The molecule has 0 aliphatic rings. The molecule has 0 spiro atoms. The first-order valence-electron chi connectivity index (χ1n) is 5.52. The standard InChI is InChI=1S/C12H25NOS/c1-7-12(5,9-11(2,3)4)13-10(14)8-15-6/h7-9H2,1-6H3,(H,13,14). The lowest BCUT2D eigenvalue weighted by atomic mass is 9.79. The highest BCUT2D eigenvalue weighted by atomic mass is 32.2. The lowest BCUT2D eigenvalue weighted by Crippen LogP contribution is -2.48. The van der Waals surface area contributed by atoms with Crippen LogP contribution in [0.25, 0.3) is 0 Å². The van der Waals surface area contributed by atoms with Gasteiger partial charge in [0.25, 0.3) is 0 Å². The van der Waals surface area contributed by atoms with E-state index in [9.17, 15) is 4.79 Å². The Hall–Kier alpha value is -0.180. The summed E-state index contributed by atoms with van der Waals surface area (Å²) in [7, 11) is 0. The molecule has 0 saturated carbocycles. The van der Waals surface area contributed by atoms with E-state index in [1.165, 1.54) is 0 Å². The third-order valence-corrected chi connectivity index (χ3v) is 2.97. The minimum atomic E-state index is -0.0644. The van der Waals surface area contributed by atoms with E-state index in [1.54, 1.807) is 11.8 Å². The van der Waals surface area contributed by atoms with Gasteiger partial charge in [0, 0.05) is 5.54 Å². The van der Waals surface area contributed by atoms with Crippen molar-refractivity contribution in [1.82, 2.24) is 5.32 Å². The first kappa shape index (κ1) is 14.8. The van der Waals surface area contributed by atoms with Crippen LogP contribution in [0, 0.1) is 5.41 Å². The number of rotatable bonds is 5. The molecule has 1 unspecified atom stereocenters. The number of carbonyl (C=O) groups excluding carboxylic acids is 1. The normalized spacial score (nSPS) is 15.9. The minimum absolute atomic E-state index is 0.0644. The highest BCUT2D eigenvalue weighted by Crippen LogP contribution is 2.29. The number of hydrogen-bond donors (Lipinski definition) is 1. The smallest absolute Gasteiger partial charge is 0.230 e. The van der Waals surface area contributed by atoms with Crippen LogP contribution in [0.5, 0.6) is 0 Å². The first-order chi connectivity index (χ1) is 6.72. The van der Waals surface area contributed by atoms with Gasteiger partial charge in [0.2, 0.25) is 5.91 Å². The van der Waals surface area contributed by atoms with Gasteiger partial charge in [0.15, 0.2) is 0 Å². The molecule has 0 saturated heterocycles. The Morgan fingerprint density at radius 1 is 1.27 bits per heavy atom.